The van der Waals surface area contributed by atoms with Crippen molar-refractivity contribution in [1.29, 1.82) is 0 Å². The molecule has 110 valence electrons. The van der Waals surface area contributed by atoms with E-state index in [1.165, 1.54) is 0 Å². The number of nitrogens with zero attached hydrogens (tertiary/aromatic N) is 2. The lowest BCUT2D eigenvalue weighted by Gasteiger charge is -2.07. The highest BCUT2D eigenvalue weighted by Crippen LogP contribution is 2.27. The van der Waals surface area contributed by atoms with Crippen LogP contribution in [0.4, 0.5) is 0 Å². The highest BCUT2D eigenvalue weighted by molar-refractivity contribution is 6.30. The quantitative estimate of drug-likeness (QED) is 0.737. The fourth-order valence-electron chi connectivity index (χ4n) is 2.43. The number of hydrogen-bond donors (Lipinski definition) is 1. The maximum Gasteiger partial charge on any atom is 0.177 e. The molecular weight excluding hydrogens is 296 g/mol. The lowest BCUT2D eigenvalue weighted by atomic mass is 10.1. The van der Waals surface area contributed by atoms with Crippen LogP contribution in [0, 0.1) is 0 Å². The zero-order valence-electron chi connectivity index (χ0n) is 12.1. The third-order valence-corrected chi connectivity index (χ3v) is 3.71. The minimum atomic E-state index is 0.303. The van der Waals surface area contributed by atoms with E-state index in [0.29, 0.717) is 23.9 Å². The number of phenols is 1. The zero-order chi connectivity index (χ0) is 15.4. The van der Waals surface area contributed by atoms with Crippen molar-refractivity contribution in [3.05, 3.63) is 89.5 Å². The Morgan fingerprint density at radius 1 is 0.727 bits per heavy atom. The van der Waals surface area contributed by atoms with Crippen molar-refractivity contribution in [2.24, 2.45) is 0 Å². The first-order chi connectivity index (χ1) is 10.7. The summed E-state index contributed by atoms with van der Waals surface area (Å²) in [7, 11) is 0. The molecule has 0 aliphatic heterocycles. The number of rotatable bonds is 4. The molecular formula is C18H17ClN2O+2. The topological polar surface area (TPSA) is 28.0 Å². The van der Waals surface area contributed by atoms with Crippen LogP contribution in [0.5, 0.6) is 5.75 Å². The van der Waals surface area contributed by atoms with E-state index in [1.54, 1.807) is 0 Å². The van der Waals surface area contributed by atoms with Crippen LogP contribution in [0.25, 0.3) is 0 Å². The first kappa shape index (κ1) is 14.5. The molecule has 0 spiro atoms. The summed E-state index contributed by atoms with van der Waals surface area (Å²) in [5.74, 6) is 0.303. The van der Waals surface area contributed by atoms with Gasteiger partial charge in [-0.2, -0.15) is 0 Å². The zero-order valence-corrected chi connectivity index (χ0v) is 12.8. The average molecular weight is 313 g/mol. The van der Waals surface area contributed by atoms with Crippen LogP contribution in [-0.4, -0.2) is 5.11 Å². The Morgan fingerprint density at radius 3 is 1.55 bits per heavy atom. The summed E-state index contributed by atoms with van der Waals surface area (Å²) in [5, 5.41) is 11.2. The molecule has 0 aliphatic rings. The summed E-state index contributed by atoms with van der Waals surface area (Å²) in [6.07, 6.45) is 7.86. The molecule has 22 heavy (non-hydrogen) atoms. The molecule has 0 amide bonds. The normalized spacial score (nSPS) is 10.6. The van der Waals surface area contributed by atoms with E-state index in [2.05, 4.69) is 0 Å². The maximum atomic E-state index is 10.6. The van der Waals surface area contributed by atoms with Crippen LogP contribution in [0.1, 0.15) is 11.1 Å². The van der Waals surface area contributed by atoms with Gasteiger partial charge in [-0.3, -0.25) is 0 Å². The SMILES string of the molecule is Oc1c(C[n+]2ccccc2)cc(Cl)cc1C[n+]1ccccc1. The standard InChI is InChI=1S/C18H16ClN2O/c19-17-11-15(13-20-7-3-1-4-8-20)18(22)16(12-17)14-21-9-5-2-6-10-21/h1-12H,13-14H2/q+1/p+1. The van der Waals surface area contributed by atoms with Gasteiger partial charge in [0.05, 0.1) is 11.1 Å². The molecule has 0 unspecified atom stereocenters. The fourth-order valence-corrected chi connectivity index (χ4v) is 2.69. The van der Waals surface area contributed by atoms with Crippen molar-refractivity contribution >= 4 is 11.6 Å². The number of halogens is 1. The van der Waals surface area contributed by atoms with Crippen molar-refractivity contribution in [2.45, 2.75) is 13.1 Å². The summed E-state index contributed by atoms with van der Waals surface area (Å²) < 4.78 is 4.01. The molecule has 3 nitrogen and oxygen atoms in total. The maximum absolute atomic E-state index is 10.6. The average Bonchev–Trinajstić information content (AvgIpc) is 2.54. The second-order valence-electron chi connectivity index (χ2n) is 5.17. The molecule has 0 aliphatic carbocycles. The van der Waals surface area contributed by atoms with Gasteiger partial charge in [0.25, 0.3) is 0 Å². The van der Waals surface area contributed by atoms with E-state index in [-0.39, 0.29) is 0 Å². The van der Waals surface area contributed by atoms with Crippen LogP contribution in [0.15, 0.2) is 73.3 Å². The van der Waals surface area contributed by atoms with Gasteiger partial charge in [0.2, 0.25) is 0 Å². The Balaban J connectivity index is 1.92. The van der Waals surface area contributed by atoms with Crippen LogP contribution in [0.3, 0.4) is 0 Å². The van der Waals surface area contributed by atoms with Crippen LogP contribution in [-0.2, 0) is 13.1 Å². The van der Waals surface area contributed by atoms with Crippen molar-refractivity contribution in [2.75, 3.05) is 0 Å². The Hall–Kier alpha value is -2.39. The first-order valence-electron chi connectivity index (χ1n) is 7.11. The Bertz CT molecular complexity index is 698. The number of aromatic hydroxyl groups is 1. The highest BCUT2D eigenvalue weighted by Gasteiger charge is 2.15. The fraction of sp³-hybridized carbons (Fsp3) is 0.111. The van der Waals surface area contributed by atoms with Crippen molar-refractivity contribution in [3.63, 3.8) is 0 Å². The Kier molecular flexibility index (Phi) is 4.35. The number of benzene rings is 1. The van der Waals surface area contributed by atoms with Crippen LogP contribution < -0.4 is 9.13 Å². The van der Waals surface area contributed by atoms with Crippen molar-refractivity contribution < 1.29 is 14.2 Å². The third kappa shape index (κ3) is 3.43. The minimum absolute atomic E-state index is 0.303. The summed E-state index contributed by atoms with van der Waals surface area (Å²) in [5.41, 5.74) is 1.63. The number of pyridine rings is 2. The molecule has 0 saturated heterocycles. The molecule has 1 N–H and O–H groups in total. The molecule has 0 saturated carbocycles. The summed E-state index contributed by atoms with van der Waals surface area (Å²) in [4.78, 5) is 0. The molecule has 1 aromatic carbocycles. The lowest BCUT2D eigenvalue weighted by molar-refractivity contribution is -0.689. The number of phenolic OH excluding ortho intramolecular Hbond substituents is 1. The summed E-state index contributed by atoms with van der Waals surface area (Å²) in [6.45, 7) is 1.17. The molecule has 2 aromatic heterocycles. The van der Waals surface area contributed by atoms with Gasteiger partial charge >= 0.3 is 0 Å². The van der Waals surface area contributed by atoms with Gasteiger partial charge < -0.3 is 5.11 Å². The van der Waals surface area contributed by atoms with Gasteiger partial charge in [0, 0.05) is 29.3 Å². The molecule has 2 heterocycles. The smallest absolute Gasteiger partial charge is 0.177 e. The predicted molar refractivity (Wildman–Crippen MR) is 84.6 cm³/mol. The molecule has 0 radical (unpaired) electrons. The largest absolute Gasteiger partial charge is 0.507 e. The second-order valence-corrected chi connectivity index (χ2v) is 5.60. The van der Waals surface area contributed by atoms with Gasteiger partial charge in [-0.25, -0.2) is 9.13 Å². The minimum Gasteiger partial charge on any atom is -0.507 e. The Morgan fingerprint density at radius 2 is 1.14 bits per heavy atom. The van der Waals surface area contributed by atoms with Gasteiger partial charge in [0.1, 0.15) is 5.75 Å². The highest BCUT2D eigenvalue weighted by atomic mass is 35.5. The summed E-state index contributed by atoms with van der Waals surface area (Å²) >= 11 is 6.22. The predicted octanol–water partition coefficient (Wildman–Crippen LogP) is 2.72. The monoisotopic (exact) mass is 312 g/mol. The van der Waals surface area contributed by atoms with E-state index < -0.39 is 0 Å². The second kappa shape index (κ2) is 6.58. The summed E-state index contributed by atoms with van der Waals surface area (Å²) in [6, 6.07) is 15.4. The molecule has 3 rings (SSSR count). The molecule has 0 bridgehead atoms. The van der Waals surface area contributed by atoms with E-state index in [9.17, 15) is 5.11 Å². The lowest BCUT2D eigenvalue weighted by Crippen LogP contribution is -2.34. The van der Waals surface area contributed by atoms with Crippen molar-refractivity contribution in [1.82, 2.24) is 0 Å². The third-order valence-electron chi connectivity index (χ3n) is 3.49. The van der Waals surface area contributed by atoms with Gasteiger partial charge in [0.15, 0.2) is 37.9 Å². The van der Waals surface area contributed by atoms with Crippen molar-refractivity contribution in [3.8, 4) is 5.75 Å². The molecule has 0 fully saturated rings. The number of hydrogen-bond acceptors (Lipinski definition) is 1. The van der Waals surface area contributed by atoms with E-state index in [4.69, 9.17) is 11.6 Å². The van der Waals surface area contributed by atoms with E-state index >= 15 is 0 Å². The van der Waals surface area contributed by atoms with Gasteiger partial charge in [-0.05, 0) is 12.1 Å². The molecule has 0 atom stereocenters. The molecule has 3 aromatic rings. The Labute approximate surface area is 134 Å². The van der Waals surface area contributed by atoms with Crippen LogP contribution in [0.2, 0.25) is 5.02 Å². The number of aromatic nitrogens is 2. The first-order valence-corrected chi connectivity index (χ1v) is 7.48. The van der Waals surface area contributed by atoms with Crippen LogP contribution >= 0.6 is 11.6 Å². The van der Waals surface area contributed by atoms with Gasteiger partial charge in [-0.1, -0.05) is 23.7 Å². The molecule has 4 heteroatoms. The van der Waals surface area contributed by atoms with Gasteiger partial charge in [-0.15, -0.1) is 0 Å². The van der Waals surface area contributed by atoms with E-state index in [0.717, 1.165) is 11.1 Å². The van der Waals surface area contributed by atoms with E-state index in [1.807, 2.05) is 82.5 Å².